The van der Waals surface area contributed by atoms with Crippen molar-refractivity contribution in [2.75, 3.05) is 19.5 Å². The number of nitrogens with two attached hydrogens (primary N) is 2. The van der Waals surface area contributed by atoms with Gasteiger partial charge in [-0.05, 0) is 6.42 Å². The number of carbonyl (C=O) groups is 1. The number of ether oxygens (including phenoxy) is 1. The molecule has 1 amide bonds. The maximum Gasteiger partial charge on any atom is 0.223 e. The molecule has 1 heterocycles. The van der Waals surface area contributed by atoms with Gasteiger partial charge in [0.1, 0.15) is 0 Å². The third-order valence-corrected chi connectivity index (χ3v) is 2.36. The zero-order valence-corrected chi connectivity index (χ0v) is 9.69. The van der Waals surface area contributed by atoms with E-state index < -0.39 is 5.91 Å². The number of primary amides is 1. The van der Waals surface area contributed by atoms with Gasteiger partial charge >= 0.3 is 0 Å². The van der Waals surface area contributed by atoms with Crippen LogP contribution >= 0.6 is 0 Å². The lowest BCUT2D eigenvalue weighted by atomic mass is 10.2. The van der Waals surface area contributed by atoms with Crippen molar-refractivity contribution >= 4 is 11.6 Å². The molecular weight excluding hydrogens is 208 g/mol. The molecule has 16 heavy (non-hydrogen) atoms. The Bertz CT molecular complexity index is 373. The summed E-state index contributed by atoms with van der Waals surface area (Å²) in [6.07, 6.45) is 0.847. The van der Waals surface area contributed by atoms with Crippen LogP contribution in [-0.4, -0.2) is 29.4 Å². The number of aromatic nitrogens is 2. The lowest BCUT2D eigenvalue weighted by molar-refractivity contribution is -0.117. The molecule has 0 saturated carbocycles. The van der Waals surface area contributed by atoms with E-state index in [9.17, 15) is 4.79 Å². The summed E-state index contributed by atoms with van der Waals surface area (Å²) in [5.41, 5.74) is 13.1. The summed E-state index contributed by atoms with van der Waals surface area (Å²) in [5, 5.41) is 4.27. The lowest BCUT2D eigenvalue weighted by Gasteiger charge is -2.04. The number of anilines is 1. The first-order chi connectivity index (χ1) is 7.60. The van der Waals surface area contributed by atoms with E-state index >= 15 is 0 Å². The van der Waals surface area contributed by atoms with Crippen LogP contribution < -0.4 is 11.5 Å². The highest BCUT2D eigenvalue weighted by Gasteiger charge is 2.15. The first kappa shape index (κ1) is 12.5. The number of methoxy groups -OCH3 is 1. The van der Waals surface area contributed by atoms with Crippen molar-refractivity contribution in [1.82, 2.24) is 9.78 Å². The van der Waals surface area contributed by atoms with Crippen LogP contribution in [0, 0.1) is 0 Å². The summed E-state index contributed by atoms with van der Waals surface area (Å²) in [6.45, 7) is 3.18. The van der Waals surface area contributed by atoms with Gasteiger partial charge in [-0.15, -0.1) is 0 Å². The van der Waals surface area contributed by atoms with E-state index in [1.54, 1.807) is 11.8 Å². The first-order valence-electron chi connectivity index (χ1n) is 5.21. The predicted octanol–water partition coefficient (Wildman–Crippen LogP) is -0.298. The third-order valence-electron chi connectivity index (χ3n) is 2.36. The van der Waals surface area contributed by atoms with Crippen molar-refractivity contribution < 1.29 is 9.53 Å². The van der Waals surface area contributed by atoms with Crippen LogP contribution in [0.1, 0.15) is 18.3 Å². The second-order valence-corrected chi connectivity index (χ2v) is 3.52. The first-order valence-corrected chi connectivity index (χ1v) is 5.21. The van der Waals surface area contributed by atoms with Crippen LogP contribution in [0.25, 0.3) is 0 Å². The highest BCUT2D eigenvalue weighted by molar-refractivity contribution is 5.78. The van der Waals surface area contributed by atoms with E-state index in [0.29, 0.717) is 24.5 Å². The summed E-state index contributed by atoms with van der Waals surface area (Å²) < 4.78 is 6.76. The Hall–Kier alpha value is -1.56. The molecule has 6 heteroatoms. The summed E-state index contributed by atoms with van der Waals surface area (Å²) >= 11 is 0. The van der Waals surface area contributed by atoms with Crippen LogP contribution in [0.15, 0.2) is 0 Å². The average molecular weight is 226 g/mol. The van der Waals surface area contributed by atoms with Crippen molar-refractivity contribution in [3.8, 4) is 0 Å². The number of hydrogen-bond acceptors (Lipinski definition) is 4. The fourth-order valence-corrected chi connectivity index (χ4v) is 1.60. The number of nitrogen functional groups attached to an aromatic ring is 1. The van der Waals surface area contributed by atoms with Gasteiger partial charge in [0, 0.05) is 7.11 Å². The fourth-order valence-electron chi connectivity index (χ4n) is 1.60. The molecule has 0 spiro atoms. The SMILES string of the molecule is CCc1c(N)c(CC(N)=O)nn1CCOC. The van der Waals surface area contributed by atoms with Crippen LogP contribution in [0.5, 0.6) is 0 Å². The Labute approximate surface area is 94.5 Å². The Kier molecular flexibility index (Phi) is 4.30. The van der Waals surface area contributed by atoms with Gasteiger partial charge in [-0.2, -0.15) is 5.10 Å². The van der Waals surface area contributed by atoms with Gasteiger partial charge in [-0.3, -0.25) is 9.48 Å². The van der Waals surface area contributed by atoms with Crippen LogP contribution in [0.3, 0.4) is 0 Å². The average Bonchev–Trinajstić information content (AvgIpc) is 2.51. The van der Waals surface area contributed by atoms with E-state index in [4.69, 9.17) is 16.2 Å². The van der Waals surface area contributed by atoms with Gasteiger partial charge in [-0.1, -0.05) is 6.92 Å². The van der Waals surface area contributed by atoms with Crippen molar-refractivity contribution in [2.24, 2.45) is 5.73 Å². The molecule has 0 aliphatic rings. The predicted molar refractivity (Wildman–Crippen MR) is 60.8 cm³/mol. The molecule has 0 aliphatic carbocycles. The van der Waals surface area contributed by atoms with Gasteiger partial charge in [0.25, 0.3) is 0 Å². The monoisotopic (exact) mass is 226 g/mol. The molecule has 0 unspecified atom stereocenters. The van der Waals surface area contributed by atoms with Crippen LogP contribution in [0.2, 0.25) is 0 Å². The molecule has 4 N–H and O–H groups in total. The Morgan fingerprint density at radius 3 is 2.75 bits per heavy atom. The van der Waals surface area contributed by atoms with Gasteiger partial charge in [0.15, 0.2) is 0 Å². The molecule has 0 saturated heterocycles. The molecule has 0 bridgehead atoms. The normalized spacial score (nSPS) is 10.6. The van der Waals surface area contributed by atoms with E-state index in [1.165, 1.54) is 0 Å². The molecule has 6 nitrogen and oxygen atoms in total. The van der Waals surface area contributed by atoms with E-state index in [0.717, 1.165) is 12.1 Å². The standard InChI is InChI=1S/C10H18N4O2/c1-3-8-10(12)7(6-9(11)15)13-14(8)4-5-16-2/h3-6,12H2,1-2H3,(H2,11,15). The van der Waals surface area contributed by atoms with Crippen molar-refractivity contribution in [3.05, 3.63) is 11.4 Å². The number of rotatable bonds is 6. The van der Waals surface area contributed by atoms with Crippen molar-refractivity contribution in [2.45, 2.75) is 26.3 Å². The molecule has 1 rings (SSSR count). The molecule has 1 aromatic rings. The minimum Gasteiger partial charge on any atom is -0.396 e. The van der Waals surface area contributed by atoms with E-state index in [2.05, 4.69) is 5.10 Å². The topological polar surface area (TPSA) is 96.2 Å². The molecule has 0 radical (unpaired) electrons. The fraction of sp³-hybridized carbons (Fsp3) is 0.600. The van der Waals surface area contributed by atoms with Crippen LogP contribution in [0.4, 0.5) is 5.69 Å². The van der Waals surface area contributed by atoms with E-state index in [1.807, 2.05) is 6.92 Å². The lowest BCUT2D eigenvalue weighted by Crippen LogP contribution is -2.15. The number of carbonyl (C=O) groups excluding carboxylic acids is 1. The summed E-state index contributed by atoms with van der Waals surface area (Å²) in [7, 11) is 1.63. The molecule has 0 aliphatic heterocycles. The minimum atomic E-state index is -0.425. The number of nitrogens with zero attached hydrogens (tertiary/aromatic N) is 2. The zero-order valence-electron chi connectivity index (χ0n) is 9.69. The molecule has 1 aromatic heterocycles. The molecule has 90 valence electrons. The van der Waals surface area contributed by atoms with Gasteiger partial charge in [-0.25, -0.2) is 0 Å². The minimum absolute atomic E-state index is 0.0822. The van der Waals surface area contributed by atoms with Crippen LogP contribution in [-0.2, 0) is 28.9 Å². The quantitative estimate of drug-likeness (QED) is 0.696. The Balaban J connectivity index is 2.94. The van der Waals surface area contributed by atoms with Gasteiger partial charge in [0.2, 0.25) is 5.91 Å². The Morgan fingerprint density at radius 1 is 1.56 bits per heavy atom. The summed E-state index contributed by atoms with van der Waals surface area (Å²) in [6, 6.07) is 0. The van der Waals surface area contributed by atoms with E-state index in [-0.39, 0.29) is 6.42 Å². The molecule has 0 aromatic carbocycles. The maximum atomic E-state index is 10.8. The Morgan fingerprint density at radius 2 is 2.25 bits per heavy atom. The van der Waals surface area contributed by atoms with Gasteiger partial charge in [0.05, 0.1) is 36.6 Å². The highest BCUT2D eigenvalue weighted by Crippen LogP contribution is 2.18. The number of hydrogen-bond donors (Lipinski definition) is 2. The molecule has 0 atom stereocenters. The smallest absolute Gasteiger partial charge is 0.223 e. The molecular formula is C10H18N4O2. The largest absolute Gasteiger partial charge is 0.396 e. The second-order valence-electron chi connectivity index (χ2n) is 3.52. The summed E-state index contributed by atoms with van der Waals surface area (Å²) in [4.78, 5) is 10.8. The van der Waals surface area contributed by atoms with Crippen molar-refractivity contribution in [3.63, 3.8) is 0 Å². The highest BCUT2D eigenvalue weighted by atomic mass is 16.5. The maximum absolute atomic E-state index is 10.8. The van der Waals surface area contributed by atoms with Gasteiger partial charge < -0.3 is 16.2 Å². The summed E-state index contributed by atoms with van der Waals surface area (Å²) in [5.74, 6) is -0.425. The second kappa shape index (κ2) is 5.50. The third kappa shape index (κ3) is 2.73. The zero-order chi connectivity index (χ0) is 12.1. The number of amides is 1. The molecule has 0 fully saturated rings. The van der Waals surface area contributed by atoms with Crippen molar-refractivity contribution in [1.29, 1.82) is 0 Å².